The zero-order valence-corrected chi connectivity index (χ0v) is 22.0. The predicted octanol–water partition coefficient (Wildman–Crippen LogP) is 4.39. The molecule has 0 radical (unpaired) electrons. The van der Waals surface area contributed by atoms with Gasteiger partial charge in [-0.25, -0.2) is 0 Å². The fourth-order valence-electron chi connectivity index (χ4n) is 4.05. The van der Waals surface area contributed by atoms with Crippen molar-refractivity contribution in [3.05, 3.63) is 46.7 Å². The number of nitrogens with zero attached hydrogens (tertiary/aromatic N) is 2. The van der Waals surface area contributed by atoms with Gasteiger partial charge in [-0.05, 0) is 62.9 Å². The number of guanidine groups is 1. The number of rotatable bonds is 8. The van der Waals surface area contributed by atoms with Crippen LogP contribution in [0.1, 0.15) is 30.7 Å². The zero-order chi connectivity index (χ0) is 21.3. The van der Waals surface area contributed by atoms with E-state index in [4.69, 9.17) is 9.47 Å². The number of benzene rings is 1. The third kappa shape index (κ3) is 7.25. The highest BCUT2D eigenvalue weighted by Crippen LogP contribution is 2.36. The fourth-order valence-corrected chi connectivity index (χ4v) is 5.03. The molecule has 31 heavy (non-hydrogen) atoms. The van der Waals surface area contributed by atoms with Crippen LogP contribution in [0.5, 0.6) is 11.5 Å². The quantitative estimate of drug-likeness (QED) is 0.286. The molecular formula is C23H35IN4O2S. The first-order chi connectivity index (χ1) is 14.6. The Morgan fingerprint density at radius 3 is 2.68 bits per heavy atom. The molecule has 0 saturated carbocycles. The highest BCUT2D eigenvalue weighted by Gasteiger charge is 2.31. The Bertz CT molecular complexity index is 803. The average molecular weight is 559 g/mol. The van der Waals surface area contributed by atoms with Gasteiger partial charge in [0.25, 0.3) is 0 Å². The predicted molar refractivity (Wildman–Crippen MR) is 140 cm³/mol. The molecule has 3 atom stereocenters. The smallest absolute Gasteiger partial charge is 0.191 e. The second-order valence-corrected chi connectivity index (χ2v) is 8.74. The lowest BCUT2D eigenvalue weighted by Gasteiger charge is -2.39. The maximum absolute atomic E-state index is 6.03. The van der Waals surface area contributed by atoms with E-state index in [9.17, 15) is 0 Å². The van der Waals surface area contributed by atoms with E-state index >= 15 is 0 Å². The summed E-state index contributed by atoms with van der Waals surface area (Å²) in [6, 6.07) is 12.6. The molecule has 2 aromatic rings. The van der Waals surface area contributed by atoms with Gasteiger partial charge in [0.05, 0.1) is 13.7 Å². The van der Waals surface area contributed by atoms with Crippen LogP contribution in [0.25, 0.3) is 0 Å². The summed E-state index contributed by atoms with van der Waals surface area (Å²) >= 11 is 1.85. The van der Waals surface area contributed by atoms with Crippen molar-refractivity contribution in [2.24, 2.45) is 10.9 Å². The summed E-state index contributed by atoms with van der Waals surface area (Å²) in [5, 5.41) is 9.09. The largest absolute Gasteiger partial charge is 0.493 e. The zero-order valence-electron chi connectivity index (χ0n) is 18.8. The molecule has 1 aromatic heterocycles. The summed E-state index contributed by atoms with van der Waals surface area (Å²) in [5.74, 6) is 2.86. The molecule has 3 rings (SSSR count). The number of ether oxygens (including phenoxy) is 2. The van der Waals surface area contributed by atoms with Crippen molar-refractivity contribution in [3.63, 3.8) is 0 Å². The number of thiophene rings is 1. The van der Waals surface area contributed by atoms with Crippen molar-refractivity contribution in [1.29, 1.82) is 0 Å². The number of aliphatic imine (C=N–C) groups is 1. The van der Waals surface area contributed by atoms with Crippen LogP contribution in [0.2, 0.25) is 0 Å². The Balaban J connectivity index is 0.00000341. The van der Waals surface area contributed by atoms with Gasteiger partial charge in [-0.3, -0.25) is 9.89 Å². The average Bonchev–Trinajstić information content (AvgIpc) is 3.28. The van der Waals surface area contributed by atoms with Crippen LogP contribution in [-0.4, -0.2) is 57.8 Å². The molecule has 6 nitrogen and oxygen atoms in total. The standard InChI is InChI=1S/C23H34N4O2S.HI/c1-17(29-20-11-6-5-10-19(20)28-4)15-25-23(24-2)26-16-18-9-7-13-27(3)22(18)21-12-8-14-30-21;/h5-6,8,10-12,14,17-18,22H,7,9,13,15-16H2,1-4H3,(H2,24,25,26);1H. The number of halogens is 1. The van der Waals surface area contributed by atoms with Gasteiger partial charge in [-0.1, -0.05) is 18.2 Å². The normalized spacial score (nSPS) is 20.5. The maximum atomic E-state index is 6.03. The Labute approximate surface area is 207 Å². The Hall–Kier alpha value is -1.52. The van der Waals surface area contributed by atoms with Gasteiger partial charge in [0.15, 0.2) is 17.5 Å². The monoisotopic (exact) mass is 558 g/mol. The minimum Gasteiger partial charge on any atom is -0.493 e. The lowest BCUT2D eigenvalue weighted by atomic mass is 9.88. The Morgan fingerprint density at radius 2 is 2.00 bits per heavy atom. The third-order valence-electron chi connectivity index (χ3n) is 5.55. The van der Waals surface area contributed by atoms with E-state index in [-0.39, 0.29) is 30.1 Å². The number of hydrogen-bond donors (Lipinski definition) is 2. The van der Waals surface area contributed by atoms with Crippen molar-refractivity contribution in [1.82, 2.24) is 15.5 Å². The van der Waals surface area contributed by atoms with E-state index in [0.29, 0.717) is 18.5 Å². The molecule has 1 fully saturated rings. The van der Waals surface area contributed by atoms with E-state index in [1.165, 1.54) is 17.7 Å². The molecular weight excluding hydrogens is 523 g/mol. The summed E-state index contributed by atoms with van der Waals surface area (Å²) in [7, 11) is 5.70. The van der Waals surface area contributed by atoms with Crippen molar-refractivity contribution in [2.75, 3.05) is 40.8 Å². The number of hydrogen-bond acceptors (Lipinski definition) is 5. The Kier molecular flexibility index (Phi) is 10.9. The minimum absolute atomic E-state index is 0. The topological polar surface area (TPSA) is 58.1 Å². The molecule has 172 valence electrons. The highest BCUT2D eigenvalue weighted by atomic mass is 127. The number of likely N-dealkylation sites (tertiary alicyclic amines) is 1. The highest BCUT2D eigenvalue weighted by molar-refractivity contribution is 14.0. The van der Waals surface area contributed by atoms with E-state index in [0.717, 1.165) is 30.5 Å². The Morgan fingerprint density at radius 1 is 1.23 bits per heavy atom. The van der Waals surface area contributed by atoms with Gasteiger partial charge in [-0.15, -0.1) is 35.3 Å². The van der Waals surface area contributed by atoms with Crippen LogP contribution in [0.15, 0.2) is 46.8 Å². The number of nitrogens with one attached hydrogen (secondary N) is 2. The summed E-state index contributed by atoms with van der Waals surface area (Å²) < 4.78 is 11.4. The molecule has 0 aliphatic carbocycles. The molecule has 1 aliphatic rings. The van der Waals surface area contributed by atoms with Crippen LogP contribution < -0.4 is 20.1 Å². The first-order valence-corrected chi connectivity index (χ1v) is 11.5. The third-order valence-corrected chi connectivity index (χ3v) is 6.49. The lowest BCUT2D eigenvalue weighted by Crippen LogP contribution is -2.46. The van der Waals surface area contributed by atoms with E-state index in [1.54, 1.807) is 7.11 Å². The molecule has 1 aromatic carbocycles. The van der Waals surface area contributed by atoms with Crippen molar-refractivity contribution in [2.45, 2.75) is 31.9 Å². The van der Waals surface area contributed by atoms with Crippen LogP contribution >= 0.6 is 35.3 Å². The SMILES string of the molecule is CN=C(NCC(C)Oc1ccccc1OC)NCC1CCCN(C)C1c1cccs1.I. The molecule has 8 heteroatoms. The second kappa shape index (κ2) is 13.1. The van der Waals surface area contributed by atoms with Crippen LogP contribution in [0, 0.1) is 5.92 Å². The van der Waals surface area contributed by atoms with Crippen molar-refractivity contribution < 1.29 is 9.47 Å². The van der Waals surface area contributed by atoms with Crippen molar-refractivity contribution >= 4 is 41.3 Å². The lowest BCUT2D eigenvalue weighted by molar-refractivity contribution is 0.125. The van der Waals surface area contributed by atoms with Gasteiger partial charge in [0, 0.05) is 24.5 Å². The first kappa shape index (κ1) is 25.7. The molecule has 1 aliphatic heterocycles. The molecule has 3 unspecified atom stereocenters. The minimum atomic E-state index is -0.0282. The number of para-hydroxylation sites is 2. The van der Waals surface area contributed by atoms with Crippen LogP contribution in [0.3, 0.4) is 0 Å². The van der Waals surface area contributed by atoms with Gasteiger partial charge >= 0.3 is 0 Å². The number of methoxy groups -OCH3 is 1. The van der Waals surface area contributed by atoms with Crippen molar-refractivity contribution in [3.8, 4) is 11.5 Å². The molecule has 1 saturated heterocycles. The first-order valence-electron chi connectivity index (χ1n) is 10.6. The second-order valence-electron chi connectivity index (χ2n) is 7.76. The molecule has 2 heterocycles. The summed E-state index contributed by atoms with van der Waals surface area (Å²) in [6.07, 6.45) is 2.43. The van der Waals surface area contributed by atoms with Gasteiger partial charge in [0.1, 0.15) is 6.10 Å². The molecule has 0 spiro atoms. The number of piperidine rings is 1. The van der Waals surface area contributed by atoms with Crippen LogP contribution in [0.4, 0.5) is 0 Å². The summed E-state index contributed by atoms with van der Waals surface area (Å²) in [5.41, 5.74) is 0. The molecule has 2 N–H and O–H groups in total. The van der Waals surface area contributed by atoms with Gasteiger partial charge < -0.3 is 20.1 Å². The molecule has 0 bridgehead atoms. The van der Waals surface area contributed by atoms with Gasteiger partial charge in [-0.2, -0.15) is 0 Å². The van der Waals surface area contributed by atoms with E-state index < -0.39 is 0 Å². The van der Waals surface area contributed by atoms with E-state index in [2.05, 4.69) is 45.1 Å². The summed E-state index contributed by atoms with van der Waals surface area (Å²) in [6.45, 7) is 4.74. The van der Waals surface area contributed by atoms with Gasteiger partial charge in [0.2, 0.25) is 0 Å². The fraction of sp³-hybridized carbons (Fsp3) is 0.522. The molecule has 0 amide bonds. The maximum Gasteiger partial charge on any atom is 0.191 e. The van der Waals surface area contributed by atoms with Crippen LogP contribution in [-0.2, 0) is 0 Å². The summed E-state index contributed by atoms with van der Waals surface area (Å²) in [4.78, 5) is 8.33. The van der Waals surface area contributed by atoms with E-state index in [1.807, 2.05) is 49.6 Å².